The number of fused-ring (bicyclic) bond motifs is 3. The fourth-order valence-electron chi connectivity index (χ4n) is 4.95. The average molecular weight is 455 g/mol. The Morgan fingerprint density at radius 3 is 1.57 bits per heavy atom. The van der Waals surface area contributed by atoms with E-state index in [0.717, 1.165) is 78.0 Å². The van der Waals surface area contributed by atoms with Gasteiger partial charge in [-0.1, -0.05) is 48.5 Å². The Bertz CT molecular complexity index is 1830. The van der Waals surface area contributed by atoms with Crippen molar-refractivity contribution < 1.29 is 13.3 Å². The lowest BCUT2D eigenvalue weighted by Crippen LogP contribution is -1.78. The monoisotopic (exact) mass is 454 g/mol. The molecule has 0 bridgehead atoms. The van der Waals surface area contributed by atoms with Crippen molar-refractivity contribution in [2.45, 2.75) is 13.8 Å². The van der Waals surface area contributed by atoms with Gasteiger partial charge in [-0.2, -0.15) is 0 Å². The molecule has 0 radical (unpaired) electrons. The van der Waals surface area contributed by atoms with Crippen LogP contribution in [0.3, 0.4) is 0 Å². The number of rotatable bonds is 3. The lowest BCUT2D eigenvalue weighted by Gasteiger charge is -2.01. The van der Waals surface area contributed by atoms with E-state index in [2.05, 4.69) is 74.5 Å². The smallest absolute Gasteiger partial charge is 0.137 e. The van der Waals surface area contributed by atoms with Crippen LogP contribution in [0.5, 0.6) is 0 Å². The summed E-state index contributed by atoms with van der Waals surface area (Å²) < 4.78 is 18.7. The van der Waals surface area contributed by atoms with E-state index in [4.69, 9.17) is 13.3 Å². The standard InChI is InChI=1S/C32H22O3/c1-19-12-23(29-16-22-10-6-7-11-27(22)33-29)14-26-18-30(35-32(19)26)24-13-20(2)31-25(15-24)17-28(34-31)21-8-4-3-5-9-21/h3-18H,1-2H3. The van der Waals surface area contributed by atoms with Gasteiger partial charge in [0.1, 0.15) is 34.0 Å². The normalized spacial score (nSPS) is 11.7. The molecule has 0 spiro atoms. The molecule has 7 aromatic rings. The van der Waals surface area contributed by atoms with Crippen LogP contribution in [-0.2, 0) is 0 Å². The first kappa shape index (κ1) is 19.9. The maximum atomic E-state index is 6.37. The highest BCUT2D eigenvalue weighted by molar-refractivity contribution is 5.93. The van der Waals surface area contributed by atoms with E-state index in [-0.39, 0.29) is 0 Å². The second-order valence-corrected chi connectivity index (χ2v) is 9.16. The van der Waals surface area contributed by atoms with E-state index in [1.807, 2.05) is 36.4 Å². The van der Waals surface area contributed by atoms with Gasteiger partial charge in [-0.15, -0.1) is 0 Å². The third-order valence-corrected chi connectivity index (χ3v) is 6.66. The van der Waals surface area contributed by atoms with Crippen LogP contribution in [0.4, 0.5) is 0 Å². The van der Waals surface area contributed by atoms with Crippen LogP contribution in [-0.4, -0.2) is 0 Å². The first-order chi connectivity index (χ1) is 17.1. The van der Waals surface area contributed by atoms with E-state index in [1.165, 1.54) is 0 Å². The van der Waals surface area contributed by atoms with Gasteiger partial charge in [0.25, 0.3) is 0 Å². The second kappa shape index (κ2) is 7.51. The molecule has 3 heteroatoms. The fraction of sp³-hybridized carbons (Fsp3) is 0.0625. The Morgan fingerprint density at radius 1 is 0.429 bits per heavy atom. The fourth-order valence-corrected chi connectivity index (χ4v) is 4.95. The zero-order valence-electron chi connectivity index (χ0n) is 19.5. The largest absolute Gasteiger partial charge is 0.456 e. The van der Waals surface area contributed by atoms with Crippen molar-refractivity contribution in [3.05, 3.63) is 108 Å². The van der Waals surface area contributed by atoms with Gasteiger partial charge < -0.3 is 13.3 Å². The van der Waals surface area contributed by atoms with Crippen LogP contribution < -0.4 is 0 Å². The molecule has 7 rings (SSSR count). The third-order valence-electron chi connectivity index (χ3n) is 6.66. The first-order valence-electron chi connectivity index (χ1n) is 11.8. The zero-order chi connectivity index (χ0) is 23.5. The summed E-state index contributed by atoms with van der Waals surface area (Å²) in [5.74, 6) is 2.58. The first-order valence-corrected chi connectivity index (χ1v) is 11.8. The predicted molar refractivity (Wildman–Crippen MR) is 142 cm³/mol. The van der Waals surface area contributed by atoms with Crippen molar-refractivity contribution >= 4 is 32.9 Å². The van der Waals surface area contributed by atoms with Crippen LogP contribution in [0.1, 0.15) is 11.1 Å². The number of para-hydroxylation sites is 1. The maximum Gasteiger partial charge on any atom is 0.137 e. The second-order valence-electron chi connectivity index (χ2n) is 9.16. The molecule has 0 saturated carbocycles. The van der Waals surface area contributed by atoms with Crippen LogP contribution in [0.15, 0.2) is 110 Å². The summed E-state index contributed by atoms with van der Waals surface area (Å²) in [6.45, 7) is 4.16. The molecule has 0 aliphatic heterocycles. The SMILES string of the molecule is Cc1cc(-c2cc3ccccc3o2)cc2cc(-c3cc(C)c4oc(-c5ccccc5)cc4c3)oc12. The third kappa shape index (κ3) is 3.28. The van der Waals surface area contributed by atoms with Gasteiger partial charge in [0.2, 0.25) is 0 Å². The van der Waals surface area contributed by atoms with Crippen molar-refractivity contribution in [3.8, 4) is 34.0 Å². The van der Waals surface area contributed by atoms with Gasteiger partial charge in [0, 0.05) is 32.8 Å². The van der Waals surface area contributed by atoms with Crippen LogP contribution in [0, 0.1) is 13.8 Å². The molecule has 4 aromatic carbocycles. The maximum absolute atomic E-state index is 6.37. The molecule has 0 fully saturated rings. The number of benzene rings is 4. The summed E-state index contributed by atoms with van der Waals surface area (Å²) in [4.78, 5) is 0. The van der Waals surface area contributed by atoms with Crippen molar-refractivity contribution in [1.82, 2.24) is 0 Å². The minimum atomic E-state index is 0.845. The number of hydrogen-bond acceptors (Lipinski definition) is 3. The van der Waals surface area contributed by atoms with Crippen molar-refractivity contribution in [2.24, 2.45) is 0 Å². The van der Waals surface area contributed by atoms with E-state index < -0.39 is 0 Å². The highest BCUT2D eigenvalue weighted by atomic mass is 16.3. The minimum absolute atomic E-state index is 0.845. The summed E-state index contributed by atoms with van der Waals surface area (Å²) in [5.41, 5.74) is 8.02. The Morgan fingerprint density at radius 2 is 0.943 bits per heavy atom. The van der Waals surface area contributed by atoms with Gasteiger partial charge in [-0.3, -0.25) is 0 Å². The highest BCUT2D eigenvalue weighted by Crippen LogP contribution is 2.38. The number of aryl methyl sites for hydroxylation is 2. The molecule has 3 nitrogen and oxygen atoms in total. The van der Waals surface area contributed by atoms with Crippen LogP contribution in [0.2, 0.25) is 0 Å². The Balaban J connectivity index is 1.33. The molecule has 0 saturated heterocycles. The van der Waals surface area contributed by atoms with Crippen molar-refractivity contribution in [1.29, 1.82) is 0 Å². The Kier molecular flexibility index (Phi) is 4.27. The molecule has 3 aromatic heterocycles. The Hall–Kier alpha value is -4.50. The zero-order valence-corrected chi connectivity index (χ0v) is 19.5. The van der Waals surface area contributed by atoms with Crippen LogP contribution >= 0.6 is 0 Å². The minimum Gasteiger partial charge on any atom is -0.456 e. The summed E-state index contributed by atoms with van der Waals surface area (Å²) in [5, 5.41) is 3.23. The average Bonchev–Trinajstić information content (AvgIpc) is 3.61. The van der Waals surface area contributed by atoms with E-state index >= 15 is 0 Å². The van der Waals surface area contributed by atoms with Crippen LogP contribution in [0.25, 0.3) is 66.9 Å². The Labute approximate surface area is 202 Å². The molecule has 3 heterocycles. The summed E-state index contributed by atoms with van der Waals surface area (Å²) in [6.07, 6.45) is 0. The molecule has 0 atom stereocenters. The summed E-state index contributed by atoms with van der Waals surface area (Å²) >= 11 is 0. The van der Waals surface area contributed by atoms with Crippen molar-refractivity contribution in [2.75, 3.05) is 0 Å². The number of furan rings is 3. The van der Waals surface area contributed by atoms with Gasteiger partial charge in [0.15, 0.2) is 0 Å². The predicted octanol–water partition coefficient (Wildman–Crippen LogP) is 9.54. The van der Waals surface area contributed by atoms with Crippen molar-refractivity contribution in [3.63, 3.8) is 0 Å². The molecule has 0 amide bonds. The van der Waals surface area contributed by atoms with Gasteiger partial charge in [-0.25, -0.2) is 0 Å². The molecule has 0 N–H and O–H groups in total. The van der Waals surface area contributed by atoms with Gasteiger partial charge >= 0.3 is 0 Å². The quantitative estimate of drug-likeness (QED) is 0.267. The molecule has 168 valence electrons. The molecule has 0 unspecified atom stereocenters. The molecule has 35 heavy (non-hydrogen) atoms. The van der Waals surface area contributed by atoms with E-state index in [0.29, 0.717) is 0 Å². The van der Waals surface area contributed by atoms with E-state index in [9.17, 15) is 0 Å². The topological polar surface area (TPSA) is 39.4 Å². The number of hydrogen-bond donors (Lipinski definition) is 0. The lowest BCUT2D eigenvalue weighted by atomic mass is 10.0. The van der Waals surface area contributed by atoms with Gasteiger partial charge in [0.05, 0.1) is 0 Å². The molecular weight excluding hydrogens is 432 g/mol. The van der Waals surface area contributed by atoms with Gasteiger partial charge in [-0.05, 0) is 73.5 Å². The summed E-state index contributed by atoms with van der Waals surface area (Å²) in [7, 11) is 0. The summed E-state index contributed by atoms with van der Waals surface area (Å²) in [6, 6.07) is 33.2. The molecule has 0 aliphatic carbocycles. The van der Waals surface area contributed by atoms with E-state index in [1.54, 1.807) is 0 Å². The highest BCUT2D eigenvalue weighted by Gasteiger charge is 2.16. The lowest BCUT2D eigenvalue weighted by molar-refractivity contribution is 0.625. The molecular formula is C32H22O3. The molecule has 0 aliphatic rings.